The van der Waals surface area contributed by atoms with E-state index in [1.807, 2.05) is 49.8 Å². The Hall–Kier alpha value is -3.79. The molecule has 1 aliphatic carbocycles. The molecule has 0 unspecified atom stereocenters. The normalized spacial score (nSPS) is 20.5. The number of rotatable bonds is 9. The number of aryl methyl sites for hydroxylation is 1. The second-order valence-corrected chi connectivity index (χ2v) is 13.8. The maximum atomic E-state index is 13.5. The number of carbonyl (C=O) groups is 3. The largest absolute Gasteiger partial charge is 0.449 e. The summed E-state index contributed by atoms with van der Waals surface area (Å²) in [6.45, 7) is 13.2. The number of benzene rings is 2. The number of ether oxygens (including phenoxy) is 2. The highest BCUT2D eigenvalue weighted by Crippen LogP contribution is 2.30. The molecule has 1 saturated carbocycles. The minimum atomic E-state index is -0.501. The molecular weight excluding hydrogens is 582 g/mol. The smallest absolute Gasteiger partial charge is 0.410 e. The summed E-state index contributed by atoms with van der Waals surface area (Å²) in [6.07, 6.45) is 3.57. The van der Waals surface area contributed by atoms with E-state index < -0.39 is 11.7 Å². The van der Waals surface area contributed by atoms with Gasteiger partial charge < -0.3 is 29.9 Å². The van der Waals surface area contributed by atoms with Crippen LogP contribution in [0.15, 0.2) is 42.5 Å². The Morgan fingerprint density at radius 3 is 2.41 bits per heavy atom. The molecule has 0 radical (unpaired) electrons. The van der Waals surface area contributed by atoms with Crippen LogP contribution in [0.25, 0.3) is 0 Å². The minimum absolute atomic E-state index is 0.0129. The topological polar surface area (TPSA) is 103 Å². The van der Waals surface area contributed by atoms with Crippen LogP contribution in [-0.4, -0.2) is 85.9 Å². The molecule has 4 rings (SSSR count). The quantitative estimate of drug-likeness (QED) is 0.350. The van der Waals surface area contributed by atoms with E-state index in [4.69, 9.17) is 9.47 Å². The lowest BCUT2D eigenvalue weighted by Gasteiger charge is -2.40. The summed E-state index contributed by atoms with van der Waals surface area (Å²) in [5, 5.41) is 6.10. The Morgan fingerprint density at radius 2 is 1.76 bits per heavy atom. The zero-order valence-electron chi connectivity index (χ0n) is 28.7. The fraction of sp³-hybridized carbons (Fsp3) is 0.583. The fourth-order valence-corrected chi connectivity index (χ4v) is 6.35. The monoisotopic (exact) mass is 635 g/mol. The van der Waals surface area contributed by atoms with Gasteiger partial charge in [-0.1, -0.05) is 18.2 Å². The second kappa shape index (κ2) is 15.7. The van der Waals surface area contributed by atoms with E-state index in [-0.39, 0.29) is 24.0 Å². The third kappa shape index (κ3) is 9.85. The van der Waals surface area contributed by atoms with Crippen LogP contribution in [0, 0.1) is 12.8 Å². The van der Waals surface area contributed by atoms with Crippen LogP contribution in [0.2, 0.25) is 0 Å². The van der Waals surface area contributed by atoms with Gasteiger partial charge in [0.1, 0.15) is 5.60 Å². The number of hydrogen-bond donors (Lipinski definition) is 2. The van der Waals surface area contributed by atoms with Crippen molar-refractivity contribution in [1.82, 2.24) is 15.1 Å². The molecular formula is C36H53N5O5. The standard InChI is InChI=1S/C36H53N5O5/c1-25-21-32(16-13-29(25)24-40-18-19-41(26(2)23-40)35(44)46-36(3,4)5)39(7)33(42)28-11-14-30(15-12-28)38-31-10-8-9-27(22-31)17-20-45-34(43)37-6/h8-10,13,16,21-22,26,28,30,38H,11-12,14-15,17-20,23-24H2,1-7H3,(H,37,43)/t26-,28?,30?/m0/s1. The fourth-order valence-electron chi connectivity index (χ4n) is 6.35. The van der Waals surface area contributed by atoms with E-state index in [1.165, 1.54) is 5.56 Å². The van der Waals surface area contributed by atoms with Crippen LogP contribution in [0.3, 0.4) is 0 Å². The lowest BCUT2D eigenvalue weighted by molar-refractivity contribution is -0.123. The van der Waals surface area contributed by atoms with Gasteiger partial charge >= 0.3 is 12.2 Å². The summed E-state index contributed by atoms with van der Waals surface area (Å²) in [5.41, 5.74) is 4.98. The van der Waals surface area contributed by atoms with E-state index in [2.05, 4.69) is 59.7 Å². The van der Waals surface area contributed by atoms with E-state index in [0.29, 0.717) is 25.6 Å². The van der Waals surface area contributed by atoms with Crippen LogP contribution in [0.1, 0.15) is 70.1 Å². The van der Waals surface area contributed by atoms with Crippen molar-refractivity contribution in [3.8, 4) is 0 Å². The third-order valence-electron chi connectivity index (χ3n) is 8.98. The van der Waals surface area contributed by atoms with E-state index in [0.717, 1.165) is 67.8 Å². The van der Waals surface area contributed by atoms with Crippen molar-refractivity contribution in [1.29, 1.82) is 0 Å². The number of hydrogen-bond acceptors (Lipinski definition) is 7. The van der Waals surface area contributed by atoms with Gasteiger partial charge in [-0.2, -0.15) is 0 Å². The Morgan fingerprint density at radius 1 is 1.02 bits per heavy atom. The maximum Gasteiger partial charge on any atom is 0.410 e. The van der Waals surface area contributed by atoms with Crippen molar-refractivity contribution >= 4 is 29.5 Å². The first kappa shape index (κ1) is 35.1. The van der Waals surface area contributed by atoms with Gasteiger partial charge in [0.15, 0.2) is 0 Å². The maximum absolute atomic E-state index is 13.5. The summed E-state index contributed by atoms with van der Waals surface area (Å²) >= 11 is 0. The molecule has 0 aromatic heterocycles. The summed E-state index contributed by atoms with van der Waals surface area (Å²) < 4.78 is 10.7. The molecule has 46 heavy (non-hydrogen) atoms. The van der Waals surface area contributed by atoms with Crippen molar-refractivity contribution < 1.29 is 23.9 Å². The summed E-state index contributed by atoms with van der Waals surface area (Å²) in [7, 11) is 3.44. The highest BCUT2D eigenvalue weighted by molar-refractivity contribution is 5.94. The highest BCUT2D eigenvalue weighted by Gasteiger charge is 2.32. The predicted octanol–water partition coefficient (Wildman–Crippen LogP) is 5.97. The highest BCUT2D eigenvalue weighted by atomic mass is 16.6. The van der Waals surface area contributed by atoms with Crippen molar-refractivity contribution in [2.45, 2.75) is 91.0 Å². The molecule has 10 nitrogen and oxygen atoms in total. The Kier molecular flexibility index (Phi) is 11.9. The average Bonchev–Trinajstić information content (AvgIpc) is 3.01. The van der Waals surface area contributed by atoms with Gasteiger partial charge in [0.2, 0.25) is 5.91 Å². The first-order valence-electron chi connectivity index (χ1n) is 16.6. The Balaban J connectivity index is 1.24. The van der Waals surface area contributed by atoms with E-state index in [1.54, 1.807) is 7.05 Å². The van der Waals surface area contributed by atoms with Crippen LogP contribution in [-0.2, 0) is 27.2 Å². The number of piperazine rings is 1. The summed E-state index contributed by atoms with van der Waals surface area (Å²) in [6, 6.07) is 14.9. The molecule has 2 aromatic carbocycles. The molecule has 2 aromatic rings. The number of carbonyl (C=O) groups excluding carboxylic acids is 3. The summed E-state index contributed by atoms with van der Waals surface area (Å²) in [4.78, 5) is 43.4. The minimum Gasteiger partial charge on any atom is -0.449 e. The lowest BCUT2D eigenvalue weighted by Crippen LogP contribution is -2.54. The predicted molar refractivity (Wildman–Crippen MR) is 182 cm³/mol. The molecule has 1 heterocycles. The van der Waals surface area contributed by atoms with Gasteiger partial charge in [-0.05, 0) is 101 Å². The number of anilines is 2. The average molecular weight is 636 g/mol. The van der Waals surface area contributed by atoms with E-state index in [9.17, 15) is 14.4 Å². The van der Waals surface area contributed by atoms with Gasteiger partial charge in [-0.15, -0.1) is 0 Å². The van der Waals surface area contributed by atoms with Crippen molar-refractivity contribution in [2.24, 2.45) is 5.92 Å². The third-order valence-corrected chi connectivity index (χ3v) is 8.98. The Bertz CT molecular complexity index is 1350. The molecule has 0 bridgehead atoms. The molecule has 2 N–H and O–H groups in total. The number of nitrogens with one attached hydrogen (secondary N) is 2. The molecule has 252 valence electrons. The molecule has 2 fully saturated rings. The van der Waals surface area contributed by atoms with Crippen LogP contribution in [0.4, 0.5) is 21.0 Å². The van der Waals surface area contributed by atoms with Crippen molar-refractivity contribution in [3.05, 3.63) is 59.2 Å². The molecule has 10 heteroatoms. The van der Waals surface area contributed by atoms with Gasteiger partial charge in [-0.3, -0.25) is 9.69 Å². The number of amides is 3. The number of nitrogens with zero attached hydrogens (tertiary/aromatic N) is 3. The molecule has 3 amide bonds. The van der Waals surface area contributed by atoms with Crippen LogP contribution >= 0.6 is 0 Å². The first-order valence-corrected chi connectivity index (χ1v) is 16.6. The zero-order valence-corrected chi connectivity index (χ0v) is 28.7. The molecule has 0 spiro atoms. The van der Waals surface area contributed by atoms with Crippen LogP contribution < -0.4 is 15.5 Å². The van der Waals surface area contributed by atoms with Gasteiger partial charge in [-0.25, -0.2) is 9.59 Å². The SMILES string of the molecule is CNC(=O)OCCc1cccc(NC2CCC(C(=O)N(C)c3ccc(CN4CCN(C(=O)OC(C)(C)C)[C@@H](C)C4)c(C)c3)CC2)c1. The van der Waals surface area contributed by atoms with Gasteiger partial charge in [0.25, 0.3) is 0 Å². The zero-order chi connectivity index (χ0) is 33.4. The lowest BCUT2D eigenvalue weighted by atomic mass is 9.85. The molecule has 1 aliphatic heterocycles. The molecule has 2 aliphatic rings. The second-order valence-electron chi connectivity index (χ2n) is 13.8. The number of alkyl carbamates (subject to hydrolysis) is 1. The van der Waals surface area contributed by atoms with Crippen LogP contribution in [0.5, 0.6) is 0 Å². The van der Waals surface area contributed by atoms with Crippen molar-refractivity contribution in [3.63, 3.8) is 0 Å². The van der Waals surface area contributed by atoms with E-state index >= 15 is 0 Å². The summed E-state index contributed by atoms with van der Waals surface area (Å²) in [5.74, 6) is 0.190. The Labute approximate surface area is 274 Å². The molecule has 1 atom stereocenters. The first-order chi connectivity index (χ1) is 21.8. The van der Waals surface area contributed by atoms with Gasteiger partial charge in [0.05, 0.1) is 6.61 Å². The van der Waals surface area contributed by atoms with Gasteiger partial charge in [0, 0.05) is 76.1 Å². The molecule has 1 saturated heterocycles. The van der Waals surface area contributed by atoms with Crippen molar-refractivity contribution in [2.75, 3.05) is 50.6 Å².